The second kappa shape index (κ2) is 6.68. The van der Waals surface area contributed by atoms with Gasteiger partial charge in [0, 0.05) is 32.2 Å². The average Bonchev–Trinajstić information content (AvgIpc) is 3.10. The van der Waals surface area contributed by atoms with Crippen LogP contribution in [0.5, 0.6) is 0 Å². The average molecular weight is 340 g/mol. The van der Waals surface area contributed by atoms with Crippen molar-refractivity contribution in [1.82, 2.24) is 19.6 Å². The zero-order valence-corrected chi connectivity index (χ0v) is 13.9. The largest absolute Gasteiger partial charge is 0.378 e. The van der Waals surface area contributed by atoms with Gasteiger partial charge in [-0.2, -0.15) is 5.10 Å². The van der Waals surface area contributed by atoms with Crippen LogP contribution in [0, 0.1) is 0 Å². The van der Waals surface area contributed by atoms with Gasteiger partial charge in [0.05, 0.1) is 19.8 Å². The Balaban J connectivity index is 1.51. The van der Waals surface area contributed by atoms with Gasteiger partial charge in [-0.25, -0.2) is 0 Å². The lowest BCUT2D eigenvalue weighted by Gasteiger charge is -2.27. The fourth-order valence-electron chi connectivity index (χ4n) is 3.23. The van der Waals surface area contributed by atoms with Gasteiger partial charge in [0.1, 0.15) is 5.69 Å². The minimum Gasteiger partial charge on any atom is -0.378 e. The summed E-state index contributed by atoms with van der Waals surface area (Å²) >= 11 is 0. The summed E-state index contributed by atoms with van der Waals surface area (Å²) in [6.07, 6.45) is 0. The second-order valence-electron chi connectivity index (χ2n) is 6.25. The van der Waals surface area contributed by atoms with Crippen molar-refractivity contribution in [3.8, 4) is 0 Å². The molecule has 7 nitrogen and oxygen atoms in total. The van der Waals surface area contributed by atoms with Crippen LogP contribution in [0.25, 0.3) is 0 Å². The molecule has 0 N–H and O–H groups in total. The van der Waals surface area contributed by atoms with Crippen LogP contribution in [0.4, 0.5) is 0 Å². The van der Waals surface area contributed by atoms with Gasteiger partial charge >= 0.3 is 0 Å². The van der Waals surface area contributed by atoms with E-state index >= 15 is 0 Å². The molecule has 0 saturated carbocycles. The molecule has 25 heavy (non-hydrogen) atoms. The van der Waals surface area contributed by atoms with E-state index in [1.54, 1.807) is 20.5 Å². The van der Waals surface area contributed by atoms with Crippen molar-refractivity contribution < 1.29 is 14.3 Å². The van der Waals surface area contributed by atoms with E-state index in [4.69, 9.17) is 4.74 Å². The van der Waals surface area contributed by atoms with Crippen LogP contribution in [0.1, 0.15) is 26.5 Å². The molecule has 0 radical (unpaired) electrons. The molecule has 2 aliphatic rings. The smallest absolute Gasteiger partial charge is 0.274 e. The van der Waals surface area contributed by atoms with Crippen molar-refractivity contribution in [3.63, 3.8) is 0 Å². The van der Waals surface area contributed by atoms with E-state index in [-0.39, 0.29) is 11.8 Å². The van der Waals surface area contributed by atoms with Crippen molar-refractivity contribution in [2.24, 2.45) is 0 Å². The van der Waals surface area contributed by atoms with Gasteiger partial charge in [-0.1, -0.05) is 30.3 Å². The Kier molecular flexibility index (Phi) is 4.23. The van der Waals surface area contributed by atoms with Crippen LogP contribution < -0.4 is 0 Å². The fraction of sp³-hybridized carbons (Fsp3) is 0.389. The molecule has 4 rings (SSSR count). The van der Waals surface area contributed by atoms with Crippen molar-refractivity contribution in [1.29, 1.82) is 0 Å². The first-order valence-electron chi connectivity index (χ1n) is 8.50. The van der Waals surface area contributed by atoms with E-state index in [1.807, 2.05) is 30.3 Å². The number of hydrogen-bond acceptors (Lipinski definition) is 4. The molecule has 1 fully saturated rings. The van der Waals surface area contributed by atoms with Gasteiger partial charge in [0.15, 0.2) is 5.69 Å². The van der Waals surface area contributed by atoms with Gasteiger partial charge in [0.2, 0.25) is 0 Å². The highest BCUT2D eigenvalue weighted by Crippen LogP contribution is 2.17. The van der Waals surface area contributed by atoms with E-state index in [1.165, 1.54) is 0 Å². The lowest BCUT2D eigenvalue weighted by molar-refractivity contribution is 0.0298. The number of ether oxygens (including phenoxy) is 1. The standard InChI is InChI=1S/C18H20N4O3/c23-17(20-8-10-25-11-9-20)15-12-16-18(24)21(6-7-22(16)19-15)13-14-4-2-1-3-5-14/h1-5,12H,6-11,13H2. The normalized spacial score (nSPS) is 17.5. The van der Waals surface area contributed by atoms with E-state index in [0.717, 1.165) is 5.56 Å². The number of rotatable bonds is 3. The van der Waals surface area contributed by atoms with Crippen LogP contribution in [-0.4, -0.2) is 64.2 Å². The molecular formula is C18H20N4O3. The summed E-state index contributed by atoms with van der Waals surface area (Å²) < 4.78 is 6.92. The van der Waals surface area contributed by atoms with E-state index in [2.05, 4.69) is 5.10 Å². The Hall–Kier alpha value is -2.67. The second-order valence-corrected chi connectivity index (χ2v) is 6.25. The molecule has 0 spiro atoms. The molecule has 2 amide bonds. The number of amides is 2. The number of nitrogens with zero attached hydrogens (tertiary/aromatic N) is 4. The van der Waals surface area contributed by atoms with Gasteiger partial charge in [-0.15, -0.1) is 0 Å². The third-order valence-corrected chi connectivity index (χ3v) is 4.60. The Morgan fingerprint density at radius 1 is 1.08 bits per heavy atom. The fourth-order valence-corrected chi connectivity index (χ4v) is 3.23. The van der Waals surface area contributed by atoms with Crippen molar-refractivity contribution in [3.05, 3.63) is 53.3 Å². The lowest BCUT2D eigenvalue weighted by atomic mass is 10.2. The molecule has 3 heterocycles. The molecule has 0 bridgehead atoms. The predicted molar refractivity (Wildman–Crippen MR) is 90.1 cm³/mol. The van der Waals surface area contributed by atoms with Crippen LogP contribution in [0.15, 0.2) is 36.4 Å². The molecule has 1 saturated heterocycles. The summed E-state index contributed by atoms with van der Waals surface area (Å²) in [6, 6.07) is 11.5. The maximum atomic E-state index is 12.8. The SMILES string of the molecule is O=C(c1cc2n(n1)CCN(Cc1ccccc1)C2=O)N1CCOCC1. The van der Waals surface area contributed by atoms with E-state index in [9.17, 15) is 9.59 Å². The van der Waals surface area contributed by atoms with Crippen LogP contribution >= 0.6 is 0 Å². The van der Waals surface area contributed by atoms with Crippen molar-refractivity contribution >= 4 is 11.8 Å². The van der Waals surface area contributed by atoms with Gasteiger partial charge < -0.3 is 14.5 Å². The monoisotopic (exact) mass is 340 g/mol. The number of benzene rings is 1. The quantitative estimate of drug-likeness (QED) is 0.836. The minimum atomic E-state index is -0.132. The van der Waals surface area contributed by atoms with Crippen molar-refractivity contribution in [2.75, 3.05) is 32.8 Å². The topological polar surface area (TPSA) is 67.7 Å². The zero-order chi connectivity index (χ0) is 17.2. The molecule has 2 aromatic rings. The molecule has 0 atom stereocenters. The Labute approximate surface area is 145 Å². The predicted octanol–water partition coefficient (Wildman–Crippen LogP) is 1.01. The van der Waals surface area contributed by atoms with Crippen LogP contribution in [-0.2, 0) is 17.8 Å². The van der Waals surface area contributed by atoms with E-state index < -0.39 is 0 Å². The highest BCUT2D eigenvalue weighted by Gasteiger charge is 2.29. The van der Waals surface area contributed by atoms with Crippen LogP contribution in [0.3, 0.4) is 0 Å². The first kappa shape index (κ1) is 15.8. The van der Waals surface area contributed by atoms with Gasteiger partial charge in [-0.05, 0) is 5.56 Å². The molecule has 2 aliphatic heterocycles. The summed E-state index contributed by atoms with van der Waals surface area (Å²) in [5.41, 5.74) is 1.92. The third kappa shape index (κ3) is 3.15. The summed E-state index contributed by atoms with van der Waals surface area (Å²) in [5.74, 6) is -0.212. The maximum absolute atomic E-state index is 12.8. The molecule has 7 heteroatoms. The highest BCUT2D eigenvalue weighted by atomic mass is 16.5. The first-order chi connectivity index (χ1) is 12.2. The number of morpholine rings is 1. The van der Waals surface area contributed by atoms with Crippen LogP contribution in [0.2, 0.25) is 0 Å². The molecule has 1 aromatic carbocycles. The lowest BCUT2D eigenvalue weighted by Crippen LogP contribution is -2.41. The number of aromatic nitrogens is 2. The summed E-state index contributed by atoms with van der Waals surface area (Å²) in [4.78, 5) is 28.8. The van der Waals surface area contributed by atoms with Gasteiger partial charge in [0.25, 0.3) is 11.8 Å². The zero-order valence-electron chi connectivity index (χ0n) is 13.9. The summed E-state index contributed by atoms with van der Waals surface area (Å²) in [6.45, 7) is 3.98. The molecular weight excluding hydrogens is 320 g/mol. The Morgan fingerprint density at radius 3 is 2.60 bits per heavy atom. The highest BCUT2D eigenvalue weighted by molar-refractivity contribution is 5.98. The maximum Gasteiger partial charge on any atom is 0.274 e. The molecule has 130 valence electrons. The van der Waals surface area contributed by atoms with Gasteiger partial charge in [-0.3, -0.25) is 14.3 Å². The first-order valence-corrected chi connectivity index (χ1v) is 8.50. The Morgan fingerprint density at radius 2 is 1.84 bits per heavy atom. The van der Waals surface area contributed by atoms with E-state index in [0.29, 0.717) is 57.3 Å². The summed E-state index contributed by atoms with van der Waals surface area (Å²) in [7, 11) is 0. The number of hydrogen-bond donors (Lipinski definition) is 0. The molecule has 0 aliphatic carbocycles. The third-order valence-electron chi connectivity index (χ3n) is 4.60. The number of carbonyl (C=O) groups is 2. The molecule has 0 unspecified atom stereocenters. The minimum absolute atomic E-state index is 0.0800. The Bertz CT molecular complexity index is 781. The summed E-state index contributed by atoms with van der Waals surface area (Å²) in [5, 5.41) is 4.35. The number of fused-ring (bicyclic) bond motifs is 1. The number of carbonyl (C=O) groups excluding carboxylic acids is 2. The van der Waals surface area contributed by atoms with Crippen molar-refractivity contribution in [2.45, 2.75) is 13.1 Å². The molecule has 1 aromatic heterocycles.